The van der Waals surface area contributed by atoms with Crippen LogP contribution in [0.25, 0.3) is 0 Å². The van der Waals surface area contributed by atoms with Crippen LogP contribution < -0.4 is 11.1 Å². The lowest BCUT2D eigenvalue weighted by Crippen LogP contribution is -2.25. The van der Waals surface area contributed by atoms with Crippen LogP contribution >= 0.6 is 12.2 Å². The van der Waals surface area contributed by atoms with E-state index in [-0.39, 0.29) is 5.41 Å². The summed E-state index contributed by atoms with van der Waals surface area (Å²) in [6.07, 6.45) is 2.70. The van der Waals surface area contributed by atoms with Gasteiger partial charge in [0.25, 0.3) is 0 Å². The molecule has 100 valence electrons. The minimum absolute atomic E-state index is 0.150. The molecule has 0 atom stereocenters. The molecule has 0 aromatic carbocycles. The maximum Gasteiger partial charge on any atom is 0.126 e. The van der Waals surface area contributed by atoms with Crippen LogP contribution in [0, 0.1) is 5.41 Å². The molecular weight excluding hydrogens is 246 g/mol. The van der Waals surface area contributed by atoms with Crippen LogP contribution in [0.2, 0.25) is 0 Å². The largest absolute Gasteiger partial charge is 0.389 e. The number of thiocarbonyl (C=S) groups is 1. The first-order valence-corrected chi connectivity index (χ1v) is 6.34. The van der Waals surface area contributed by atoms with Gasteiger partial charge < -0.3 is 15.8 Å². The lowest BCUT2D eigenvalue weighted by Gasteiger charge is -2.24. The standard InChI is InChI=1S/C13H21N3OS/c1-13(2,5-7-17-3)9-16-11-8-10(12(14)18)4-6-15-11/h4,6,8H,5,7,9H2,1-3H3,(H2,14,18)(H,15,16). The highest BCUT2D eigenvalue weighted by Gasteiger charge is 2.17. The minimum atomic E-state index is 0.150. The summed E-state index contributed by atoms with van der Waals surface area (Å²) >= 11 is 4.94. The van der Waals surface area contributed by atoms with E-state index >= 15 is 0 Å². The Morgan fingerprint density at radius 2 is 2.28 bits per heavy atom. The number of hydrogen-bond donors (Lipinski definition) is 2. The van der Waals surface area contributed by atoms with E-state index in [2.05, 4.69) is 24.1 Å². The first-order valence-electron chi connectivity index (χ1n) is 5.93. The smallest absolute Gasteiger partial charge is 0.126 e. The van der Waals surface area contributed by atoms with Crippen molar-refractivity contribution in [3.05, 3.63) is 23.9 Å². The maximum atomic E-state index is 5.59. The van der Waals surface area contributed by atoms with Crippen LogP contribution in [0.3, 0.4) is 0 Å². The molecule has 0 saturated carbocycles. The Labute approximate surface area is 114 Å². The fourth-order valence-corrected chi connectivity index (χ4v) is 1.60. The van der Waals surface area contributed by atoms with Crippen LogP contribution in [0.15, 0.2) is 18.3 Å². The van der Waals surface area contributed by atoms with Gasteiger partial charge in [0.1, 0.15) is 10.8 Å². The van der Waals surface area contributed by atoms with Gasteiger partial charge in [-0.1, -0.05) is 26.1 Å². The molecule has 0 saturated heterocycles. The van der Waals surface area contributed by atoms with Gasteiger partial charge in [0.2, 0.25) is 0 Å². The topological polar surface area (TPSA) is 60.2 Å². The molecule has 18 heavy (non-hydrogen) atoms. The third kappa shape index (κ3) is 4.98. The number of pyridine rings is 1. The summed E-state index contributed by atoms with van der Waals surface area (Å²) in [4.78, 5) is 4.64. The molecule has 1 heterocycles. The zero-order chi connectivity index (χ0) is 13.6. The van der Waals surface area contributed by atoms with Crippen molar-refractivity contribution in [1.82, 2.24) is 4.98 Å². The highest BCUT2D eigenvalue weighted by atomic mass is 32.1. The van der Waals surface area contributed by atoms with Gasteiger partial charge >= 0.3 is 0 Å². The van der Waals surface area contributed by atoms with Crippen molar-refractivity contribution in [2.75, 3.05) is 25.6 Å². The second-order valence-electron chi connectivity index (χ2n) is 5.05. The summed E-state index contributed by atoms with van der Waals surface area (Å²) in [5, 5.41) is 3.31. The number of nitrogens with zero attached hydrogens (tertiary/aromatic N) is 1. The van der Waals surface area contributed by atoms with Gasteiger partial charge in [-0.3, -0.25) is 0 Å². The van der Waals surface area contributed by atoms with Gasteiger partial charge in [-0.15, -0.1) is 0 Å². The SMILES string of the molecule is COCCC(C)(C)CNc1cc(C(N)=S)ccn1. The summed E-state index contributed by atoms with van der Waals surface area (Å²) in [5.74, 6) is 0.797. The molecule has 1 aromatic heterocycles. The number of ether oxygens (including phenoxy) is 1. The van der Waals surface area contributed by atoms with Gasteiger partial charge in [-0.2, -0.15) is 0 Å². The van der Waals surface area contributed by atoms with Gasteiger partial charge in [0.05, 0.1) is 0 Å². The Hall–Kier alpha value is -1.20. The van der Waals surface area contributed by atoms with Gasteiger partial charge in [0.15, 0.2) is 0 Å². The molecule has 0 aliphatic rings. The molecule has 1 rings (SSSR count). The predicted octanol–water partition coefficient (Wildman–Crippen LogP) is 2.19. The number of nitrogens with one attached hydrogen (secondary N) is 1. The molecular formula is C13H21N3OS. The molecule has 0 radical (unpaired) electrons. The fraction of sp³-hybridized carbons (Fsp3) is 0.538. The summed E-state index contributed by atoms with van der Waals surface area (Å²) in [5.41, 5.74) is 6.57. The van der Waals surface area contributed by atoms with E-state index in [9.17, 15) is 0 Å². The van der Waals surface area contributed by atoms with Crippen molar-refractivity contribution in [2.24, 2.45) is 11.1 Å². The van der Waals surface area contributed by atoms with Crippen molar-refractivity contribution in [3.8, 4) is 0 Å². The van der Waals surface area contributed by atoms with Crippen LogP contribution in [0.1, 0.15) is 25.8 Å². The van der Waals surface area contributed by atoms with E-state index in [1.54, 1.807) is 13.3 Å². The molecule has 0 bridgehead atoms. The van der Waals surface area contributed by atoms with Crippen LogP contribution in [-0.2, 0) is 4.74 Å². The quantitative estimate of drug-likeness (QED) is 0.742. The van der Waals surface area contributed by atoms with Crippen molar-refractivity contribution in [2.45, 2.75) is 20.3 Å². The van der Waals surface area contributed by atoms with E-state index in [0.717, 1.165) is 31.0 Å². The van der Waals surface area contributed by atoms with Gasteiger partial charge in [-0.05, 0) is 24.0 Å². The van der Waals surface area contributed by atoms with Crippen LogP contribution in [0.4, 0.5) is 5.82 Å². The first-order chi connectivity index (χ1) is 8.44. The lowest BCUT2D eigenvalue weighted by molar-refractivity contribution is 0.157. The van der Waals surface area contributed by atoms with Crippen molar-refractivity contribution < 1.29 is 4.74 Å². The monoisotopic (exact) mass is 267 g/mol. The summed E-state index contributed by atoms with van der Waals surface area (Å²) in [6.45, 7) is 5.96. The molecule has 0 aliphatic carbocycles. The first kappa shape index (κ1) is 14.9. The molecule has 0 aliphatic heterocycles. The molecule has 0 fully saturated rings. The third-order valence-electron chi connectivity index (χ3n) is 2.78. The van der Waals surface area contributed by atoms with E-state index in [1.165, 1.54) is 0 Å². The number of methoxy groups -OCH3 is 1. The number of rotatable bonds is 7. The van der Waals surface area contributed by atoms with Crippen molar-refractivity contribution in [1.29, 1.82) is 0 Å². The van der Waals surface area contributed by atoms with Gasteiger partial charge in [0, 0.05) is 32.0 Å². The minimum Gasteiger partial charge on any atom is -0.389 e. The highest BCUT2D eigenvalue weighted by Crippen LogP contribution is 2.20. The van der Waals surface area contributed by atoms with E-state index in [1.807, 2.05) is 12.1 Å². The zero-order valence-electron chi connectivity index (χ0n) is 11.2. The Morgan fingerprint density at radius 1 is 1.56 bits per heavy atom. The average Bonchev–Trinajstić information content (AvgIpc) is 2.34. The summed E-state index contributed by atoms with van der Waals surface area (Å²) in [6, 6.07) is 3.68. The normalized spacial score (nSPS) is 11.3. The van der Waals surface area contributed by atoms with Gasteiger partial charge in [-0.25, -0.2) is 4.98 Å². The van der Waals surface area contributed by atoms with E-state index in [0.29, 0.717) is 4.99 Å². The number of nitrogens with two attached hydrogens (primary N) is 1. The predicted molar refractivity (Wildman–Crippen MR) is 78.9 cm³/mol. The molecule has 1 aromatic rings. The Balaban J connectivity index is 2.57. The van der Waals surface area contributed by atoms with Crippen molar-refractivity contribution >= 4 is 23.0 Å². The zero-order valence-corrected chi connectivity index (χ0v) is 12.0. The molecule has 5 heteroatoms. The maximum absolute atomic E-state index is 5.59. The number of hydrogen-bond acceptors (Lipinski definition) is 4. The fourth-order valence-electron chi connectivity index (χ4n) is 1.48. The summed E-state index contributed by atoms with van der Waals surface area (Å²) < 4.78 is 5.10. The Kier molecular flexibility index (Phi) is 5.50. The Bertz CT molecular complexity index is 407. The van der Waals surface area contributed by atoms with E-state index < -0.39 is 0 Å². The van der Waals surface area contributed by atoms with E-state index in [4.69, 9.17) is 22.7 Å². The second-order valence-corrected chi connectivity index (χ2v) is 5.49. The van der Waals surface area contributed by atoms with Crippen molar-refractivity contribution in [3.63, 3.8) is 0 Å². The lowest BCUT2D eigenvalue weighted by atomic mass is 9.90. The summed E-state index contributed by atoms with van der Waals surface area (Å²) in [7, 11) is 1.72. The second kappa shape index (κ2) is 6.66. The molecule has 3 N–H and O–H groups in total. The molecule has 4 nitrogen and oxygen atoms in total. The van der Waals surface area contributed by atoms with Crippen LogP contribution in [0.5, 0.6) is 0 Å². The third-order valence-corrected chi connectivity index (χ3v) is 3.01. The number of aromatic nitrogens is 1. The average molecular weight is 267 g/mol. The molecule has 0 spiro atoms. The highest BCUT2D eigenvalue weighted by molar-refractivity contribution is 7.80. The number of anilines is 1. The molecule has 0 amide bonds. The van der Waals surface area contributed by atoms with Crippen LogP contribution in [-0.4, -0.2) is 30.2 Å². The Morgan fingerprint density at radius 3 is 2.89 bits per heavy atom. The molecule has 0 unspecified atom stereocenters.